The quantitative estimate of drug-likeness (QED) is 0.277. The molecule has 0 fully saturated rings. The fourth-order valence-corrected chi connectivity index (χ4v) is 7.60. The Morgan fingerprint density at radius 1 is 1.31 bits per heavy atom. The lowest BCUT2D eigenvalue weighted by molar-refractivity contribution is -0.114. The van der Waals surface area contributed by atoms with Crippen molar-refractivity contribution in [3.8, 4) is 5.75 Å². The van der Waals surface area contributed by atoms with Crippen LogP contribution in [-0.4, -0.2) is 85.2 Å². The van der Waals surface area contributed by atoms with Crippen LogP contribution in [-0.2, 0) is 20.8 Å². The normalized spacial score (nSPS) is 25.9. The number of carbonyl (C=O) groups is 1. The Morgan fingerprint density at radius 2 is 2.00 bits per heavy atom. The Hall–Kier alpha value is -0.500. The first-order valence-electron chi connectivity index (χ1n) is 11.1. The average Bonchev–Trinajstić information content (AvgIpc) is 3.21. The van der Waals surface area contributed by atoms with Gasteiger partial charge in [0.05, 0.1) is 20.4 Å². The first-order chi connectivity index (χ1) is 16.6. The van der Waals surface area contributed by atoms with E-state index in [1.807, 2.05) is 26.2 Å². The molecule has 2 N–H and O–H groups in total. The van der Waals surface area contributed by atoms with Crippen LogP contribution in [0.5, 0.6) is 5.75 Å². The fraction of sp³-hybridized carbons (Fsp3) is 0.565. The number of rotatable bonds is 10. The van der Waals surface area contributed by atoms with Gasteiger partial charge in [0.15, 0.2) is 5.60 Å². The largest absolute Gasteiger partial charge is 0.491 e. The fourth-order valence-electron chi connectivity index (χ4n) is 3.93. The molecule has 8 nitrogen and oxygen atoms in total. The number of carbonyl (C=O) groups excluding carboxylic acids is 1. The van der Waals surface area contributed by atoms with Gasteiger partial charge >= 0.3 is 0 Å². The molecule has 0 saturated carbocycles. The van der Waals surface area contributed by atoms with Crippen LogP contribution in [0.3, 0.4) is 0 Å². The molecule has 2 aliphatic rings. The topological polar surface area (TPSA) is 92.6 Å². The lowest BCUT2D eigenvalue weighted by atomic mass is 9.83. The van der Waals surface area contributed by atoms with Crippen LogP contribution in [0, 0.1) is 0 Å². The maximum atomic E-state index is 12.7. The summed E-state index contributed by atoms with van der Waals surface area (Å²) in [5.74, 6) is 0.447. The van der Waals surface area contributed by atoms with E-state index in [4.69, 9.17) is 14.3 Å². The van der Waals surface area contributed by atoms with Gasteiger partial charge in [0.25, 0.3) is 5.91 Å². The molecule has 1 heterocycles. The molecular weight excluding hydrogens is 718 g/mol. The van der Waals surface area contributed by atoms with Crippen molar-refractivity contribution in [1.82, 2.24) is 10.2 Å². The first-order valence-corrected chi connectivity index (χ1v) is 14.4. The van der Waals surface area contributed by atoms with Gasteiger partial charge in [-0.25, -0.2) is 0 Å². The summed E-state index contributed by atoms with van der Waals surface area (Å²) < 4.78 is 13.8. The lowest BCUT2D eigenvalue weighted by Crippen LogP contribution is -2.54. The van der Waals surface area contributed by atoms with E-state index in [2.05, 4.69) is 79.1 Å². The van der Waals surface area contributed by atoms with Crippen LogP contribution in [0.1, 0.15) is 18.4 Å². The van der Waals surface area contributed by atoms with E-state index in [-0.39, 0.29) is 24.1 Å². The van der Waals surface area contributed by atoms with Gasteiger partial charge in [-0.2, -0.15) is 0 Å². The van der Waals surface area contributed by atoms with E-state index in [9.17, 15) is 9.90 Å². The van der Waals surface area contributed by atoms with Gasteiger partial charge in [0.2, 0.25) is 0 Å². The Kier molecular flexibility index (Phi) is 10.7. The predicted octanol–water partition coefficient (Wildman–Crippen LogP) is 4.15. The Bertz CT molecular complexity index is 967. The summed E-state index contributed by atoms with van der Waals surface area (Å²) in [5, 5.41) is 17.7. The van der Waals surface area contributed by atoms with Gasteiger partial charge in [-0.05, 0) is 82.6 Å². The zero-order valence-electron chi connectivity index (χ0n) is 19.7. The molecule has 1 aliphatic carbocycles. The monoisotopic (exact) mass is 743 g/mol. The number of alkyl halides is 1. The van der Waals surface area contributed by atoms with Crippen LogP contribution >= 0.6 is 63.7 Å². The summed E-state index contributed by atoms with van der Waals surface area (Å²) in [7, 11) is 5.64. The number of benzene rings is 1. The van der Waals surface area contributed by atoms with E-state index in [0.29, 0.717) is 19.6 Å². The number of methoxy groups -OCH3 is 1. The molecule has 1 aliphatic heterocycles. The summed E-state index contributed by atoms with van der Waals surface area (Å²) in [4.78, 5) is 20.0. The Balaban J connectivity index is 1.52. The molecule has 2 unspecified atom stereocenters. The molecular formula is C23H29Br4N3O5. The highest BCUT2D eigenvalue weighted by atomic mass is 79.9. The number of aliphatic hydroxyl groups is 1. The number of amides is 1. The van der Waals surface area contributed by atoms with Gasteiger partial charge in [0, 0.05) is 31.1 Å². The summed E-state index contributed by atoms with van der Waals surface area (Å²) in [6.45, 7) is 2.00. The SMILES string of the molecule is COC1C(Br)=C[C@]2(CC(C(=O)NCCc3cc(Br)c(OCCCN(C)C)c(Br)c3)=NO2)[C@H](O)C1Br. The molecule has 0 radical (unpaired) electrons. The highest BCUT2D eigenvalue weighted by molar-refractivity contribution is 9.12. The smallest absolute Gasteiger partial charge is 0.269 e. The van der Waals surface area contributed by atoms with E-state index < -0.39 is 16.5 Å². The van der Waals surface area contributed by atoms with Crippen molar-refractivity contribution in [2.45, 2.75) is 41.9 Å². The minimum Gasteiger partial charge on any atom is -0.491 e. The molecule has 12 heteroatoms. The van der Waals surface area contributed by atoms with Crippen molar-refractivity contribution in [3.05, 3.63) is 37.2 Å². The minimum absolute atomic E-state index is 0.157. The van der Waals surface area contributed by atoms with Crippen LogP contribution in [0.15, 0.2) is 36.8 Å². The van der Waals surface area contributed by atoms with E-state index in [1.54, 1.807) is 13.2 Å². The maximum absolute atomic E-state index is 12.7. The van der Waals surface area contributed by atoms with Crippen molar-refractivity contribution < 1.29 is 24.2 Å². The molecule has 1 aromatic rings. The van der Waals surface area contributed by atoms with E-state index >= 15 is 0 Å². The average molecular weight is 747 g/mol. The van der Waals surface area contributed by atoms with Crippen LogP contribution in [0.2, 0.25) is 0 Å². The van der Waals surface area contributed by atoms with Crippen LogP contribution in [0.25, 0.3) is 0 Å². The number of ether oxygens (including phenoxy) is 2. The zero-order valence-corrected chi connectivity index (χ0v) is 26.0. The highest BCUT2D eigenvalue weighted by Crippen LogP contribution is 2.42. The molecule has 4 atom stereocenters. The number of oxime groups is 1. The minimum atomic E-state index is -1.12. The van der Waals surface area contributed by atoms with Gasteiger partial charge in [0.1, 0.15) is 23.7 Å². The second-order valence-electron chi connectivity index (χ2n) is 8.74. The van der Waals surface area contributed by atoms with Crippen LogP contribution < -0.4 is 10.1 Å². The van der Waals surface area contributed by atoms with E-state index in [1.165, 1.54) is 0 Å². The number of nitrogens with zero attached hydrogens (tertiary/aromatic N) is 2. The van der Waals surface area contributed by atoms with Crippen LogP contribution in [0.4, 0.5) is 0 Å². The Labute approximate surface area is 239 Å². The number of hydrogen-bond donors (Lipinski definition) is 2. The number of halogens is 4. The van der Waals surface area contributed by atoms with Gasteiger partial charge in [-0.15, -0.1) is 0 Å². The zero-order chi connectivity index (χ0) is 25.8. The van der Waals surface area contributed by atoms with Gasteiger partial charge in [-0.3, -0.25) is 4.79 Å². The predicted molar refractivity (Wildman–Crippen MR) is 150 cm³/mol. The van der Waals surface area contributed by atoms with Gasteiger partial charge in [-0.1, -0.05) is 37.0 Å². The van der Waals surface area contributed by atoms with Crippen molar-refractivity contribution in [3.63, 3.8) is 0 Å². The lowest BCUT2D eigenvalue weighted by Gasteiger charge is -2.39. The van der Waals surface area contributed by atoms with Crippen molar-refractivity contribution in [2.24, 2.45) is 5.16 Å². The third kappa shape index (κ3) is 7.08. The molecule has 0 bridgehead atoms. The number of aliphatic hydroxyl groups excluding tert-OH is 1. The van der Waals surface area contributed by atoms with E-state index in [0.717, 1.165) is 37.7 Å². The standard InChI is InChI=1S/C23H29Br4N3O5/c1-30(2)7-4-8-34-19-14(24)9-13(10-15(19)25)5-6-28-22(32)17-12-23(35-29-17)11-16(26)20(33-3)18(27)21(23)31/h9-11,18,20-21,31H,4-8,12H2,1-3H3,(H,28,32)/t18?,20?,21-,23+/m1/s1. The summed E-state index contributed by atoms with van der Waals surface area (Å²) >= 11 is 14.1. The van der Waals surface area contributed by atoms with Crippen molar-refractivity contribution in [1.29, 1.82) is 0 Å². The van der Waals surface area contributed by atoms with Crippen molar-refractivity contribution >= 4 is 75.3 Å². The molecule has 1 aromatic carbocycles. The third-order valence-electron chi connectivity index (χ3n) is 5.78. The maximum Gasteiger partial charge on any atom is 0.269 e. The number of nitrogens with one attached hydrogen (secondary N) is 1. The third-order valence-corrected chi connectivity index (χ3v) is 8.62. The molecule has 3 rings (SSSR count). The van der Waals surface area contributed by atoms with Gasteiger partial charge < -0.3 is 29.6 Å². The number of hydrogen-bond acceptors (Lipinski definition) is 7. The summed E-state index contributed by atoms with van der Waals surface area (Å²) in [6, 6.07) is 3.99. The molecule has 1 spiro atoms. The second kappa shape index (κ2) is 12.8. The highest BCUT2D eigenvalue weighted by Gasteiger charge is 2.53. The molecule has 0 saturated heterocycles. The molecule has 194 valence electrons. The molecule has 35 heavy (non-hydrogen) atoms. The summed E-state index contributed by atoms with van der Waals surface area (Å²) in [5.41, 5.74) is 0.153. The summed E-state index contributed by atoms with van der Waals surface area (Å²) in [6.07, 6.45) is 2.14. The first kappa shape index (κ1) is 29.1. The molecule has 1 amide bonds. The Morgan fingerprint density at radius 3 is 2.63 bits per heavy atom. The second-order valence-corrected chi connectivity index (χ2v) is 12.4. The molecule has 0 aromatic heterocycles. The van der Waals surface area contributed by atoms with Crippen molar-refractivity contribution in [2.75, 3.05) is 40.9 Å².